The average Bonchev–Trinajstić information content (AvgIpc) is 3.58. The summed E-state index contributed by atoms with van der Waals surface area (Å²) >= 11 is 0. The molecule has 1 N–H and O–H groups in total. The van der Waals surface area contributed by atoms with E-state index in [2.05, 4.69) is 38.9 Å². The van der Waals surface area contributed by atoms with Gasteiger partial charge in [0.1, 0.15) is 23.7 Å². The summed E-state index contributed by atoms with van der Waals surface area (Å²) in [6.07, 6.45) is 3.49. The van der Waals surface area contributed by atoms with Gasteiger partial charge in [0.15, 0.2) is 0 Å². The smallest absolute Gasteiger partial charge is 0.255 e. The molecule has 9 nitrogen and oxygen atoms in total. The second-order valence-corrected chi connectivity index (χ2v) is 9.97. The van der Waals surface area contributed by atoms with Crippen molar-refractivity contribution >= 4 is 17.7 Å². The van der Waals surface area contributed by atoms with Gasteiger partial charge in [-0.2, -0.15) is 0 Å². The number of rotatable bonds is 6. The molecule has 0 saturated carbocycles. The summed E-state index contributed by atoms with van der Waals surface area (Å²) in [6.45, 7) is 2.82. The van der Waals surface area contributed by atoms with Crippen LogP contribution in [0.25, 0.3) is 11.3 Å². The summed E-state index contributed by atoms with van der Waals surface area (Å²) in [6, 6.07) is 15.2. The Bertz CT molecular complexity index is 1370. The fourth-order valence-corrected chi connectivity index (χ4v) is 5.53. The van der Waals surface area contributed by atoms with Crippen LogP contribution in [0.5, 0.6) is 5.75 Å². The quantitative estimate of drug-likeness (QED) is 0.524. The van der Waals surface area contributed by atoms with E-state index in [4.69, 9.17) is 4.74 Å². The zero-order chi connectivity index (χ0) is 25.5. The van der Waals surface area contributed by atoms with Gasteiger partial charge in [-0.1, -0.05) is 30.3 Å². The van der Waals surface area contributed by atoms with Crippen LogP contribution < -0.4 is 10.1 Å². The number of imidazole rings is 1. The Balaban J connectivity index is 1.08. The van der Waals surface area contributed by atoms with Crippen LogP contribution in [-0.2, 0) is 29.7 Å². The Kier molecular flexibility index (Phi) is 6.00. The van der Waals surface area contributed by atoms with Crippen molar-refractivity contribution < 1.29 is 19.1 Å². The zero-order valence-electron chi connectivity index (χ0n) is 20.7. The van der Waals surface area contributed by atoms with Gasteiger partial charge in [-0.3, -0.25) is 24.6 Å². The molecule has 3 amide bonds. The third-order valence-electron chi connectivity index (χ3n) is 7.55. The SMILES string of the molecule is Cn1c(-c2ccccc2)cnc1CN1CC[C@H](Oc2ccc3c(c2)CN(C2CCC(=O)NC2=O)C3=O)C1. The number of nitrogens with zero attached hydrogens (tertiary/aromatic N) is 4. The minimum Gasteiger partial charge on any atom is -0.489 e. The van der Waals surface area contributed by atoms with Crippen molar-refractivity contribution in [1.82, 2.24) is 24.7 Å². The summed E-state index contributed by atoms with van der Waals surface area (Å²) < 4.78 is 8.45. The molecule has 0 radical (unpaired) electrons. The fraction of sp³-hybridized carbons (Fsp3) is 0.357. The molecule has 37 heavy (non-hydrogen) atoms. The summed E-state index contributed by atoms with van der Waals surface area (Å²) in [7, 11) is 2.05. The Labute approximate surface area is 215 Å². The van der Waals surface area contributed by atoms with E-state index >= 15 is 0 Å². The number of nitrogens with one attached hydrogen (secondary N) is 1. The van der Waals surface area contributed by atoms with Gasteiger partial charge < -0.3 is 14.2 Å². The topological polar surface area (TPSA) is 96.8 Å². The average molecular weight is 500 g/mol. The molecule has 2 aromatic carbocycles. The molecule has 2 atom stereocenters. The minimum atomic E-state index is -0.612. The first kappa shape index (κ1) is 23.4. The number of piperidine rings is 1. The number of benzene rings is 2. The van der Waals surface area contributed by atoms with E-state index in [1.165, 1.54) is 0 Å². The van der Waals surface area contributed by atoms with Crippen molar-refractivity contribution in [3.8, 4) is 17.0 Å². The summed E-state index contributed by atoms with van der Waals surface area (Å²) in [5.41, 5.74) is 3.69. The van der Waals surface area contributed by atoms with Crippen LogP contribution in [0.3, 0.4) is 0 Å². The molecule has 0 bridgehead atoms. The molecule has 2 fully saturated rings. The van der Waals surface area contributed by atoms with Crippen LogP contribution in [0.2, 0.25) is 0 Å². The molecular weight excluding hydrogens is 470 g/mol. The molecule has 2 saturated heterocycles. The molecule has 3 aromatic rings. The first-order chi connectivity index (χ1) is 18.0. The van der Waals surface area contributed by atoms with Crippen molar-refractivity contribution in [3.05, 3.63) is 71.7 Å². The molecule has 0 spiro atoms. The Hall–Kier alpha value is -3.98. The monoisotopic (exact) mass is 499 g/mol. The van der Waals surface area contributed by atoms with E-state index in [0.29, 0.717) is 18.5 Å². The van der Waals surface area contributed by atoms with Gasteiger partial charge in [-0.25, -0.2) is 4.98 Å². The van der Waals surface area contributed by atoms with Crippen molar-refractivity contribution in [1.29, 1.82) is 0 Å². The number of hydrogen-bond acceptors (Lipinski definition) is 6. The maximum Gasteiger partial charge on any atom is 0.255 e. The lowest BCUT2D eigenvalue weighted by atomic mass is 10.0. The number of ether oxygens (including phenoxy) is 1. The van der Waals surface area contributed by atoms with E-state index in [1.54, 1.807) is 11.0 Å². The molecule has 1 aromatic heterocycles. The third kappa shape index (κ3) is 4.51. The van der Waals surface area contributed by atoms with Gasteiger partial charge in [0.05, 0.1) is 18.4 Å². The first-order valence-corrected chi connectivity index (χ1v) is 12.7. The largest absolute Gasteiger partial charge is 0.489 e. The highest BCUT2D eigenvalue weighted by atomic mass is 16.5. The zero-order valence-corrected chi connectivity index (χ0v) is 20.7. The standard InChI is InChI=1S/C28H29N5O4/c1-31-24(18-5-3-2-4-6-18)14-29-25(31)17-32-12-11-21(16-32)37-20-7-8-22-19(13-20)15-33(28(22)36)23-9-10-26(34)30-27(23)35/h2-8,13-14,21,23H,9-12,15-17H2,1H3,(H,30,34,35)/t21-,23?/m0/s1. The van der Waals surface area contributed by atoms with Crippen LogP contribution in [0, 0.1) is 0 Å². The van der Waals surface area contributed by atoms with Crippen LogP contribution in [0.4, 0.5) is 0 Å². The van der Waals surface area contributed by atoms with Crippen LogP contribution in [0.15, 0.2) is 54.7 Å². The Morgan fingerprint density at radius 1 is 1.08 bits per heavy atom. The normalized spacial score (nSPS) is 21.9. The maximum atomic E-state index is 12.9. The van der Waals surface area contributed by atoms with Gasteiger partial charge in [0.25, 0.3) is 5.91 Å². The predicted molar refractivity (Wildman–Crippen MR) is 135 cm³/mol. The number of hydrogen-bond donors (Lipinski definition) is 1. The second kappa shape index (κ2) is 9.48. The molecule has 6 rings (SSSR count). The molecule has 0 aliphatic carbocycles. The van der Waals surface area contributed by atoms with Crippen molar-refractivity contribution in [2.75, 3.05) is 13.1 Å². The maximum absolute atomic E-state index is 12.9. The van der Waals surface area contributed by atoms with E-state index < -0.39 is 11.9 Å². The number of imide groups is 1. The van der Waals surface area contributed by atoms with E-state index in [9.17, 15) is 14.4 Å². The Morgan fingerprint density at radius 2 is 1.92 bits per heavy atom. The van der Waals surface area contributed by atoms with Gasteiger partial charge in [-0.05, 0) is 42.2 Å². The minimum absolute atomic E-state index is 0.0512. The molecule has 3 aliphatic heterocycles. The van der Waals surface area contributed by atoms with E-state index in [-0.39, 0.29) is 24.3 Å². The number of aromatic nitrogens is 2. The molecule has 3 aliphatic rings. The fourth-order valence-electron chi connectivity index (χ4n) is 5.53. The predicted octanol–water partition coefficient (Wildman–Crippen LogP) is 2.50. The van der Waals surface area contributed by atoms with Crippen molar-refractivity contribution in [2.24, 2.45) is 7.05 Å². The summed E-state index contributed by atoms with van der Waals surface area (Å²) in [4.78, 5) is 45.3. The highest BCUT2D eigenvalue weighted by Gasteiger charge is 2.39. The lowest BCUT2D eigenvalue weighted by Gasteiger charge is -2.29. The number of likely N-dealkylation sites (tertiary alicyclic amines) is 1. The molecule has 9 heteroatoms. The summed E-state index contributed by atoms with van der Waals surface area (Å²) in [5.74, 6) is 0.888. The van der Waals surface area contributed by atoms with E-state index in [1.807, 2.05) is 36.5 Å². The second-order valence-electron chi connectivity index (χ2n) is 9.97. The number of carbonyl (C=O) groups excluding carboxylic acids is 3. The third-order valence-corrected chi connectivity index (χ3v) is 7.55. The molecular formula is C28H29N5O4. The lowest BCUT2D eigenvalue weighted by molar-refractivity contribution is -0.136. The van der Waals surface area contributed by atoms with Crippen LogP contribution in [0.1, 0.15) is 41.0 Å². The van der Waals surface area contributed by atoms with Crippen molar-refractivity contribution in [2.45, 2.75) is 44.5 Å². The van der Waals surface area contributed by atoms with E-state index in [0.717, 1.165) is 54.4 Å². The van der Waals surface area contributed by atoms with Gasteiger partial charge >= 0.3 is 0 Å². The molecule has 190 valence electrons. The molecule has 1 unspecified atom stereocenters. The number of carbonyl (C=O) groups is 3. The highest BCUT2D eigenvalue weighted by molar-refractivity contribution is 6.05. The first-order valence-electron chi connectivity index (χ1n) is 12.7. The highest BCUT2D eigenvalue weighted by Crippen LogP contribution is 2.31. The van der Waals surface area contributed by atoms with Crippen LogP contribution in [-0.4, -0.2) is 62.3 Å². The number of amides is 3. The van der Waals surface area contributed by atoms with Gasteiger partial charge in [0, 0.05) is 38.7 Å². The van der Waals surface area contributed by atoms with Gasteiger partial charge in [-0.15, -0.1) is 0 Å². The molecule has 4 heterocycles. The number of fused-ring (bicyclic) bond motifs is 1. The van der Waals surface area contributed by atoms with Crippen molar-refractivity contribution in [3.63, 3.8) is 0 Å². The van der Waals surface area contributed by atoms with Gasteiger partial charge in [0.2, 0.25) is 11.8 Å². The summed E-state index contributed by atoms with van der Waals surface area (Å²) in [5, 5.41) is 2.34. The van der Waals surface area contributed by atoms with Crippen LogP contribution >= 0.6 is 0 Å². The Morgan fingerprint density at radius 3 is 2.73 bits per heavy atom. The lowest BCUT2D eigenvalue weighted by Crippen LogP contribution is -2.52.